The standard InChI is InChI=1S/C15H17NO4/c1-9-7-14(16(18)19)10(2)6-13(9)15-5-4-12(20-15)8-11(3)17/h4-7,11,17H,8H2,1-3H3. The number of nitro benzene ring substituents is 1. The minimum absolute atomic E-state index is 0.113. The molecule has 20 heavy (non-hydrogen) atoms. The number of hydrogen-bond donors (Lipinski definition) is 1. The van der Waals surface area contributed by atoms with Gasteiger partial charge in [-0.3, -0.25) is 10.1 Å². The fraction of sp³-hybridized carbons (Fsp3) is 0.333. The Labute approximate surface area is 117 Å². The Bertz CT molecular complexity index is 643. The predicted octanol–water partition coefficient (Wildman–Crippen LogP) is 3.39. The van der Waals surface area contributed by atoms with Gasteiger partial charge in [-0.05, 0) is 44.5 Å². The monoisotopic (exact) mass is 275 g/mol. The summed E-state index contributed by atoms with van der Waals surface area (Å²) in [6.07, 6.45) is -0.0148. The quantitative estimate of drug-likeness (QED) is 0.685. The van der Waals surface area contributed by atoms with Crippen molar-refractivity contribution in [1.82, 2.24) is 0 Å². The van der Waals surface area contributed by atoms with Gasteiger partial charge in [0.1, 0.15) is 11.5 Å². The Kier molecular flexibility index (Phi) is 3.90. The number of furan rings is 1. The topological polar surface area (TPSA) is 76.5 Å². The molecule has 1 N–H and O–H groups in total. The molecule has 1 atom stereocenters. The smallest absolute Gasteiger partial charge is 0.272 e. The highest BCUT2D eigenvalue weighted by Crippen LogP contribution is 2.31. The second-order valence-electron chi connectivity index (χ2n) is 5.03. The van der Waals surface area contributed by atoms with Crippen LogP contribution < -0.4 is 0 Å². The molecule has 1 aromatic heterocycles. The van der Waals surface area contributed by atoms with Crippen LogP contribution in [0.15, 0.2) is 28.7 Å². The number of aliphatic hydroxyl groups excluding tert-OH is 1. The maximum Gasteiger partial charge on any atom is 0.272 e. The van der Waals surface area contributed by atoms with E-state index in [1.807, 2.05) is 19.1 Å². The van der Waals surface area contributed by atoms with Crippen LogP contribution in [0.4, 0.5) is 5.69 Å². The van der Waals surface area contributed by atoms with E-state index in [4.69, 9.17) is 4.42 Å². The van der Waals surface area contributed by atoms with Crippen molar-refractivity contribution in [2.75, 3.05) is 0 Å². The van der Waals surface area contributed by atoms with Gasteiger partial charge in [-0.1, -0.05) is 0 Å². The molecule has 1 aromatic carbocycles. The van der Waals surface area contributed by atoms with E-state index in [2.05, 4.69) is 0 Å². The molecule has 5 nitrogen and oxygen atoms in total. The SMILES string of the molecule is Cc1cc([N+](=O)[O-])c(C)cc1-c1ccc(CC(C)O)o1. The summed E-state index contributed by atoms with van der Waals surface area (Å²) >= 11 is 0. The van der Waals surface area contributed by atoms with Gasteiger partial charge in [0.25, 0.3) is 5.69 Å². The van der Waals surface area contributed by atoms with Gasteiger partial charge in [-0.25, -0.2) is 0 Å². The van der Waals surface area contributed by atoms with Crippen molar-refractivity contribution < 1.29 is 14.4 Å². The van der Waals surface area contributed by atoms with Crippen molar-refractivity contribution in [3.8, 4) is 11.3 Å². The third-order valence-corrected chi connectivity index (χ3v) is 3.16. The molecule has 0 aliphatic carbocycles. The fourth-order valence-corrected chi connectivity index (χ4v) is 2.19. The van der Waals surface area contributed by atoms with Crippen molar-refractivity contribution >= 4 is 5.69 Å². The van der Waals surface area contributed by atoms with Gasteiger partial charge in [-0.15, -0.1) is 0 Å². The number of aliphatic hydroxyl groups is 1. The van der Waals surface area contributed by atoms with Gasteiger partial charge >= 0.3 is 0 Å². The maximum atomic E-state index is 10.9. The molecule has 2 aromatic rings. The Balaban J connectivity index is 2.40. The first-order valence-corrected chi connectivity index (χ1v) is 6.41. The van der Waals surface area contributed by atoms with Crippen LogP contribution in [-0.2, 0) is 6.42 Å². The molecule has 106 valence electrons. The van der Waals surface area contributed by atoms with Crippen molar-refractivity contribution in [3.05, 3.63) is 51.3 Å². The van der Waals surface area contributed by atoms with Crippen molar-refractivity contribution in [2.45, 2.75) is 33.3 Å². The largest absolute Gasteiger partial charge is 0.461 e. The molecule has 2 rings (SSSR count). The summed E-state index contributed by atoms with van der Waals surface area (Å²) in [6, 6.07) is 6.96. The number of hydrogen-bond acceptors (Lipinski definition) is 4. The van der Waals surface area contributed by atoms with Gasteiger partial charge in [0.15, 0.2) is 0 Å². The van der Waals surface area contributed by atoms with Crippen LogP contribution in [0.3, 0.4) is 0 Å². The summed E-state index contributed by atoms with van der Waals surface area (Å²) in [4.78, 5) is 10.5. The molecule has 0 aliphatic heterocycles. The van der Waals surface area contributed by atoms with E-state index in [1.165, 1.54) is 0 Å². The van der Waals surface area contributed by atoms with Crippen LogP contribution in [0, 0.1) is 24.0 Å². The molecule has 0 fully saturated rings. The second-order valence-corrected chi connectivity index (χ2v) is 5.03. The molecule has 0 aliphatic rings. The van der Waals surface area contributed by atoms with Gasteiger partial charge in [0, 0.05) is 23.6 Å². The third kappa shape index (κ3) is 2.88. The van der Waals surface area contributed by atoms with Crippen LogP contribution >= 0.6 is 0 Å². The third-order valence-electron chi connectivity index (χ3n) is 3.16. The maximum absolute atomic E-state index is 10.9. The lowest BCUT2D eigenvalue weighted by molar-refractivity contribution is -0.385. The Morgan fingerprint density at radius 1 is 1.30 bits per heavy atom. The van der Waals surface area contributed by atoms with E-state index in [9.17, 15) is 15.2 Å². The van der Waals surface area contributed by atoms with Crippen LogP contribution in [0.5, 0.6) is 0 Å². The Morgan fingerprint density at radius 3 is 2.60 bits per heavy atom. The first kappa shape index (κ1) is 14.3. The van der Waals surface area contributed by atoms with Gasteiger partial charge in [0.2, 0.25) is 0 Å². The molecule has 0 saturated heterocycles. The molecule has 0 amide bonds. The average molecular weight is 275 g/mol. The van der Waals surface area contributed by atoms with Crippen LogP contribution in [0.25, 0.3) is 11.3 Å². The van der Waals surface area contributed by atoms with Crippen molar-refractivity contribution in [3.63, 3.8) is 0 Å². The molecule has 0 spiro atoms. The summed E-state index contributed by atoms with van der Waals surface area (Å²) in [5.74, 6) is 1.36. The molecule has 0 bridgehead atoms. The van der Waals surface area contributed by atoms with E-state index in [-0.39, 0.29) is 10.6 Å². The predicted molar refractivity (Wildman–Crippen MR) is 75.7 cm³/mol. The zero-order valence-corrected chi connectivity index (χ0v) is 11.7. The highest BCUT2D eigenvalue weighted by molar-refractivity contribution is 5.66. The number of benzene rings is 1. The summed E-state index contributed by atoms with van der Waals surface area (Å²) in [5.41, 5.74) is 2.34. The Hall–Kier alpha value is -2.14. The fourth-order valence-electron chi connectivity index (χ4n) is 2.19. The second kappa shape index (κ2) is 5.46. The van der Waals surface area contributed by atoms with E-state index < -0.39 is 6.10 Å². The average Bonchev–Trinajstić information content (AvgIpc) is 2.78. The molecule has 1 unspecified atom stereocenters. The van der Waals surface area contributed by atoms with E-state index >= 15 is 0 Å². The molecule has 5 heteroatoms. The minimum atomic E-state index is -0.464. The van der Waals surface area contributed by atoms with Gasteiger partial charge in [-0.2, -0.15) is 0 Å². The van der Waals surface area contributed by atoms with Crippen LogP contribution in [0.2, 0.25) is 0 Å². The van der Waals surface area contributed by atoms with E-state index in [0.717, 1.165) is 11.1 Å². The Morgan fingerprint density at radius 2 is 2.00 bits per heavy atom. The van der Waals surface area contributed by atoms with E-state index in [0.29, 0.717) is 23.5 Å². The molecule has 0 radical (unpaired) electrons. The zero-order valence-electron chi connectivity index (χ0n) is 11.7. The van der Waals surface area contributed by atoms with Crippen molar-refractivity contribution in [1.29, 1.82) is 0 Å². The van der Waals surface area contributed by atoms with Crippen molar-refractivity contribution in [2.24, 2.45) is 0 Å². The summed E-state index contributed by atoms with van der Waals surface area (Å²) < 4.78 is 5.69. The summed E-state index contributed by atoms with van der Waals surface area (Å²) in [6.45, 7) is 5.23. The van der Waals surface area contributed by atoms with Gasteiger partial charge in [0.05, 0.1) is 11.0 Å². The van der Waals surface area contributed by atoms with Crippen LogP contribution in [-0.4, -0.2) is 16.1 Å². The molecule has 1 heterocycles. The highest BCUT2D eigenvalue weighted by atomic mass is 16.6. The first-order valence-electron chi connectivity index (χ1n) is 6.41. The number of rotatable bonds is 4. The summed E-state index contributed by atoms with van der Waals surface area (Å²) in [7, 11) is 0. The first-order chi connectivity index (χ1) is 9.38. The number of nitrogens with zero attached hydrogens (tertiary/aromatic N) is 1. The lowest BCUT2D eigenvalue weighted by atomic mass is 10.0. The van der Waals surface area contributed by atoms with Gasteiger partial charge < -0.3 is 9.52 Å². The normalized spacial score (nSPS) is 12.4. The van der Waals surface area contributed by atoms with Crippen LogP contribution in [0.1, 0.15) is 23.8 Å². The minimum Gasteiger partial charge on any atom is -0.461 e. The number of aryl methyl sites for hydroxylation is 2. The highest BCUT2D eigenvalue weighted by Gasteiger charge is 2.16. The van der Waals surface area contributed by atoms with E-state index in [1.54, 1.807) is 26.0 Å². The molecule has 0 saturated carbocycles. The molecular weight excluding hydrogens is 258 g/mol. The lowest BCUT2D eigenvalue weighted by Gasteiger charge is -2.06. The summed E-state index contributed by atoms with van der Waals surface area (Å²) in [5, 5.41) is 20.2. The number of nitro groups is 1. The lowest BCUT2D eigenvalue weighted by Crippen LogP contribution is -2.02. The molecular formula is C15H17NO4. The zero-order chi connectivity index (χ0) is 14.9.